The minimum absolute atomic E-state index is 0.0660. The highest BCUT2D eigenvalue weighted by molar-refractivity contribution is 9.10. The summed E-state index contributed by atoms with van der Waals surface area (Å²) in [7, 11) is 0. The van der Waals surface area contributed by atoms with Crippen molar-refractivity contribution in [3.05, 3.63) is 58.3 Å². The highest BCUT2D eigenvalue weighted by atomic mass is 79.9. The van der Waals surface area contributed by atoms with Crippen LogP contribution in [0, 0.1) is 12.7 Å². The number of nitrogens with zero attached hydrogens (tertiary/aromatic N) is 1. The predicted molar refractivity (Wildman–Crippen MR) is 89.8 cm³/mol. The van der Waals surface area contributed by atoms with Gasteiger partial charge in [0.25, 0.3) is 5.91 Å². The van der Waals surface area contributed by atoms with E-state index in [1.807, 2.05) is 19.1 Å². The first-order valence-electron chi connectivity index (χ1n) is 7.11. The molecule has 2 aromatic carbocycles. The molecule has 118 valence electrons. The number of imide groups is 1. The number of rotatable bonds is 3. The highest BCUT2D eigenvalue weighted by Crippen LogP contribution is 2.32. The second kappa shape index (κ2) is 6.12. The summed E-state index contributed by atoms with van der Waals surface area (Å²) in [5.74, 6) is -0.933. The zero-order chi connectivity index (χ0) is 16.6. The fourth-order valence-corrected chi connectivity index (χ4v) is 3.21. The van der Waals surface area contributed by atoms with E-state index in [1.165, 1.54) is 29.2 Å². The first kappa shape index (κ1) is 15.7. The van der Waals surface area contributed by atoms with Crippen molar-refractivity contribution in [2.75, 3.05) is 10.2 Å². The van der Waals surface area contributed by atoms with Gasteiger partial charge < -0.3 is 5.32 Å². The Kier molecular flexibility index (Phi) is 4.17. The van der Waals surface area contributed by atoms with Crippen LogP contribution in [-0.4, -0.2) is 17.9 Å². The fraction of sp³-hybridized carbons (Fsp3) is 0.176. The molecule has 6 heteroatoms. The molecule has 1 heterocycles. The average Bonchev–Trinajstić information content (AvgIpc) is 2.77. The van der Waals surface area contributed by atoms with Gasteiger partial charge in [-0.3, -0.25) is 9.59 Å². The summed E-state index contributed by atoms with van der Waals surface area (Å²) in [6, 6.07) is 10.5. The Morgan fingerprint density at radius 1 is 1.17 bits per heavy atom. The van der Waals surface area contributed by atoms with E-state index in [9.17, 15) is 14.0 Å². The molecule has 1 atom stereocenters. The predicted octanol–water partition coefficient (Wildman–Crippen LogP) is 3.64. The Hall–Kier alpha value is -2.21. The minimum Gasteiger partial charge on any atom is -0.373 e. The summed E-state index contributed by atoms with van der Waals surface area (Å²) < 4.78 is 13.6. The molecule has 0 unspecified atom stereocenters. The molecule has 2 amide bonds. The van der Waals surface area contributed by atoms with E-state index in [2.05, 4.69) is 21.2 Å². The van der Waals surface area contributed by atoms with Crippen molar-refractivity contribution in [3.63, 3.8) is 0 Å². The second-order valence-electron chi connectivity index (χ2n) is 5.43. The van der Waals surface area contributed by atoms with E-state index in [1.54, 1.807) is 6.07 Å². The lowest BCUT2D eigenvalue weighted by Crippen LogP contribution is -2.35. The number of hydrogen-bond donors (Lipinski definition) is 1. The molecular formula is C17H14BrFN2O2. The lowest BCUT2D eigenvalue weighted by Gasteiger charge is -2.17. The zero-order valence-corrected chi connectivity index (χ0v) is 13.9. The Balaban J connectivity index is 1.83. The van der Waals surface area contributed by atoms with Gasteiger partial charge in [0, 0.05) is 10.2 Å². The second-order valence-corrected chi connectivity index (χ2v) is 6.28. The quantitative estimate of drug-likeness (QED) is 0.831. The molecule has 0 spiro atoms. The monoisotopic (exact) mass is 376 g/mol. The van der Waals surface area contributed by atoms with Gasteiger partial charge in [-0.15, -0.1) is 0 Å². The van der Waals surface area contributed by atoms with Crippen LogP contribution in [-0.2, 0) is 9.59 Å². The van der Waals surface area contributed by atoms with Crippen LogP contribution < -0.4 is 10.2 Å². The molecule has 4 nitrogen and oxygen atoms in total. The van der Waals surface area contributed by atoms with Gasteiger partial charge in [-0.05, 0) is 64.8 Å². The molecule has 0 aromatic heterocycles. The van der Waals surface area contributed by atoms with Crippen LogP contribution in [0.5, 0.6) is 0 Å². The third-order valence-electron chi connectivity index (χ3n) is 3.68. The Labute approximate surface area is 141 Å². The van der Waals surface area contributed by atoms with E-state index in [0.717, 1.165) is 5.56 Å². The van der Waals surface area contributed by atoms with Crippen molar-refractivity contribution in [2.45, 2.75) is 19.4 Å². The van der Waals surface area contributed by atoms with Crippen LogP contribution in [0.15, 0.2) is 46.9 Å². The number of nitrogens with one attached hydrogen (secondary N) is 1. The summed E-state index contributed by atoms with van der Waals surface area (Å²) >= 11 is 3.40. The van der Waals surface area contributed by atoms with Crippen molar-refractivity contribution >= 4 is 39.1 Å². The molecule has 1 fully saturated rings. The lowest BCUT2D eigenvalue weighted by atomic mass is 10.2. The van der Waals surface area contributed by atoms with Crippen LogP contribution in [0.3, 0.4) is 0 Å². The molecular weight excluding hydrogens is 363 g/mol. The van der Waals surface area contributed by atoms with E-state index >= 15 is 0 Å². The maximum atomic E-state index is 12.9. The topological polar surface area (TPSA) is 49.4 Å². The normalized spacial score (nSPS) is 17.7. The maximum Gasteiger partial charge on any atom is 0.256 e. The Morgan fingerprint density at radius 3 is 2.52 bits per heavy atom. The molecule has 23 heavy (non-hydrogen) atoms. The van der Waals surface area contributed by atoms with Gasteiger partial charge >= 0.3 is 0 Å². The largest absolute Gasteiger partial charge is 0.373 e. The van der Waals surface area contributed by atoms with Gasteiger partial charge in [-0.25, -0.2) is 9.29 Å². The fourth-order valence-electron chi connectivity index (χ4n) is 2.54. The number of benzene rings is 2. The number of carbonyl (C=O) groups is 2. The zero-order valence-electron chi connectivity index (χ0n) is 12.3. The first-order valence-corrected chi connectivity index (χ1v) is 7.90. The number of halogens is 2. The molecule has 1 aliphatic rings. The van der Waals surface area contributed by atoms with Gasteiger partial charge in [-0.2, -0.15) is 0 Å². The van der Waals surface area contributed by atoms with Gasteiger partial charge in [0.1, 0.15) is 11.9 Å². The Morgan fingerprint density at radius 2 is 1.87 bits per heavy atom. The van der Waals surface area contributed by atoms with Crippen molar-refractivity contribution in [2.24, 2.45) is 0 Å². The summed E-state index contributed by atoms with van der Waals surface area (Å²) in [5, 5.41) is 2.98. The summed E-state index contributed by atoms with van der Waals surface area (Å²) in [5.41, 5.74) is 2.16. The SMILES string of the molecule is Cc1ccc(N2C(=O)C[C@@H](Nc3ccc(F)cc3)C2=O)c(Br)c1. The van der Waals surface area contributed by atoms with Crippen LogP contribution in [0.4, 0.5) is 15.8 Å². The minimum atomic E-state index is -0.652. The molecule has 2 aromatic rings. The molecule has 1 aliphatic heterocycles. The summed E-state index contributed by atoms with van der Waals surface area (Å²) in [6.07, 6.45) is 0.0660. The van der Waals surface area contributed by atoms with Gasteiger partial charge in [0.05, 0.1) is 12.1 Å². The maximum absolute atomic E-state index is 12.9. The standard InChI is InChI=1S/C17H14BrFN2O2/c1-10-2-7-15(13(18)8-10)21-16(22)9-14(17(21)23)20-12-5-3-11(19)4-6-12/h2-8,14,20H,9H2,1H3/t14-/m1/s1. The van der Waals surface area contributed by atoms with Crippen LogP contribution >= 0.6 is 15.9 Å². The van der Waals surface area contributed by atoms with Crippen molar-refractivity contribution in [3.8, 4) is 0 Å². The van der Waals surface area contributed by atoms with Crippen LogP contribution in [0.1, 0.15) is 12.0 Å². The molecule has 0 aliphatic carbocycles. The van der Waals surface area contributed by atoms with E-state index in [0.29, 0.717) is 15.8 Å². The highest BCUT2D eigenvalue weighted by Gasteiger charge is 2.40. The Bertz CT molecular complexity index is 777. The molecule has 0 bridgehead atoms. The number of carbonyl (C=O) groups excluding carboxylic acids is 2. The van der Waals surface area contributed by atoms with Gasteiger partial charge in [0.2, 0.25) is 5.91 Å². The van der Waals surface area contributed by atoms with Gasteiger partial charge in [0.15, 0.2) is 0 Å². The third kappa shape index (κ3) is 3.12. The number of aryl methyl sites for hydroxylation is 1. The van der Waals surface area contributed by atoms with Crippen LogP contribution in [0.2, 0.25) is 0 Å². The molecule has 1 N–H and O–H groups in total. The third-order valence-corrected chi connectivity index (χ3v) is 4.31. The van der Waals surface area contributed by atoms with E-state index in [-0.39, 0.29) is 24.1 Å². The molecule has 3 rings (SSSR count). The van der Waals surface area contributed by atoms with Gasteiger partial charge in [-0.1, -0.05) is 6.07 Å². The van der Waals surface area contributed by atoms with Crippen molar-refractivity contribution in [1.29, 1.82) is 0 Å². The smallest absolute Gasteiger partial charge is 0.256 e. The molecule has 0 saturated carbocycles. The van der Waals surface area contributed by atoms with E-state index in [4.69, 9.17) is 0 Å². The summed E-state index contributed by atoms with van der Waals surface area (Å²) in [4.78, 5) is 26.0. The first-order chi connectivity index (χ1) is 11.0. The summed E-state index contributed by atoms with van der Waals surface area (Å²) in [6.45, 7) is 1.93. The van der Waals surface area contributed by atoms with Crippen LogP contribution in [0.25, 0.3) is 0 Å². The molecule has 0 radical (unpaired) electrons. The van der Waals surface area contributed by atoms with Crippen molar-refractivity contribution < 1.29 is 14.0 Å². The number of amides is 2. The van der Waals surface area contributed by atoms with Crippen molar-refractivity contribution in [1.82, 2.24) is 0 Å². The number of hydrogen-bond acceptors (Lipinski definition) is 3. The number of anilines is 2. The lowest BCUT2D eigenvalue weighted by molar-refractivity contribution is -0.121. The van der Waals surface area contributed by atoms with E-state index < -0.39 is 6.04 Å². The average molecular weight is 377 g/mol. The molecule has 1 saturated heterocycles.